The molecule has 0 radical (unpaired) electrons. The zero-order valence-corrected chi connectivity index (χ0v) is 19.9. The van der Waals surface area contributed by atoms with Crippen LogP contribution in [-0.2, 0) is 10.3 Å². The molecular weight excluding hydrogens is 392 g/mol. The van der Waals surface area contributed by atoms with Crippen molar-refractivity contribution in [3.63, 3.8) is 0 Å². The van der Waals surface area contributed by atoms with Gasteiger partial charge in [0.15, 0.2) is 0 Å². The van der Waals surface area contributed by atoms with E-state index in [-0.39, 0.29) is 17.4 Å². The third-order valence-corrected chi connectivity index (χ3v) is 7.09. The lowest BCUT2D eigenvalue weighted by molar-refractivity contribution is -0.141. The first kappa shape index (κ1) is 22.9. The Labute approximate surface area is 185 Å². The van der Waals surface area contributed by atoms with Crippen molar-refractivity contribution in [2.75, 3.05) is 0 Å². The molecule has 1 saturated carbocycles. The lowest BCUT2D eigenvalue weighted by Gasteiger charge is -2.28. The summed E-state index contributed by atoms with van der Waals surface area (Å²) in [5.74, 6) is 1.28. The summed E-state index contributed by atoms with van der Waals surface area (Å²) < 4.78 is 7.97. The van der Waals surface area contributed by atoms with E-state index in [1.807, 2.05) is 29.8 Å². The number of carbonyl (C=O) groups excluding carboxylic acids is 1. The molecule has 0 aliphatic heterocycles. The minimum absolute atomic E-state index is 0.000997. The number of nitrogens with zero attached hydrogens (tertiary/aromatic N) is 2. The second kappa shape index (κ2) is 10.0. The molecular formula is C25H36N2O2S. The predicted molar refractivity (Wildman–Crippen MR) is 123 cm³/mol. The Morgan fingerprint density at radius 2 is 1.83 bits per heavy atom. The lowest BCUT2D eigenvalue weighted by Crippen LogP contribution is -2.29. The van der Waals surface area contributed by atoms with E-state index >= 15 is 0 Å². The minimum atomic E-state index is -0.270. The van der Waals surface area contributed by atoms with Crippen molar-refractivity contribution in [3.05, 3.63) is 36.0 Å². The van der Waals surface area contributed by atoms with Gasteiger partial charge in [0.25, 0.3) is 0 Å². The molecule has 1 aromatic carbocycles. The van der Waals surface area contributed by atoms with Gasteiger partial charge in [-0.15, -0.1) is 0 Å². The van der Waals surface area contributed by atoms with Crippen LogP contribution >= 0.6 is 11.8 Å². The summed E-state index contributed by atoms with van der Waals surface area (Å²) in [7, 11) is 0. The molecule has 1 aromatic heterocycles. The van der Waals surface area contributed by atoms with E-state index in [2.05, 4.69) is 39.8 Å². The molecule has 4 nitrogen and oxygen atoms in total. The van der Waals surface area contributed by atoms with Gasteiger partial charge < -0.3 is 4.74 Å². The Morgan fingerprint density at radius 1 is 1.17 bits per heavy atom. The molecule has 1 aliphatic carbocycles. The minimum Gasteiger partial charge on any atom is -0.406 e. The Balaban J connectivity index is 1.77. The summed E-state index contributed by atoms with van der Waals surface area (Å²) in [5.41, 5.74) is 0.623. The van der Waals surface area contributed by atoms with E-state index in [0.29, 0.717) is 5.88 Å². The van der Waals surface area contributed by atoms with E-state index in [0.717, 1.165) is 47.1 Å². The highest BCUT2D eigenvalue weighted by Crippen LogP contribution is 2.41. The number of esters is 1. The zero-order valence-electron chi connectivity index (χ0n) is 19.1. The molecule has 0 amide bonds. The van der Waals surface area contributed by atoms with Crippen molar-refractivity contribution in [2.45, 2.75) is 94.9 Å². The highest BCUT2D eigenvalue weighted by atomic mass is 32.2. The smallest absolute Gasteiger partial charge is 0.315 e. The van der Waals surface area contributed by atoms with Gasteiger partial charge in [-0.05, 0) is 71.4 Å². The Kier molecular flexibility index (Phi) is 7.67. The van der Waals surface area contributed by atoms with Crippen LogP contribution in [0, 0.1) is 18.8 Å². The molecule has 0 saturated heterocycles. The van der Waals surface area contributed by atoms with E-state index in [9.17, 15) is 4.79 Å². The van der Waals surface area contributed by atoms with Crippen molar-refractivity contribution in [2.24, 2.45) is 11.8 Å². The third-order valence-electron chi connectivity index (χ3n) is 5.91. The number of unbranched alkanes of at least 4 members (excludes halogenated alkanes) is 1. The topological polar surface area (TPSA) is 44.1 Å². The van der Waals surface area contributed by atoms with Crippen LogP contribution in [0.15, 0.2) is 40.1 Å². The van der Waals surface area contributed by atoms with E-state index in [1.165, 1.54) is 19.3 Å². The molecule has 164 valence electrons. The van der Waals surface area contributed by atoms with E-state index in [1.54, 1.807) is 11.8 Å². The highest BCUT2D eigenvalue weighted by molar-refractivity contribution is 7.99. The standard InChI is InChI=1S/C25H36N2O2S/c1-6-7-11-19-14-16-20(17-15-19)24(28)29-23-22(30-21-12-9-8-10-13-21)18(2)26-27(23)25(3,4)5/h8-10,12-13,19-20H,6-7,11,14-17H2,1-5H3. The lowest BCUT2D eigenvalue weighted by atomic mass is 9.80. The summed E-state index contributed by atoms with van der Waals surface area (Å²) in [6.45, 7) is 10.5. The Morgan fingerprint density at radius 3 is 2.43 bits per heavy atom. The first-order chi connectivity index (χ1) is 14.3. The maximum atomic E-state index is 13.1. The van der Waals surface area contributed by atoms with Crippen LogP contribution < -0.4 is 4.74 Å². The van der Waals surface area contributed by atoms with Crippen molar-refractivity contribution in [1.29, 1.82) is 0 Å². The largest absolute Gasteiger partial charge is 0.406 e. The highest BCUT2D eigenvalue weighted by Gasteiger charge is 2.32. The van der Waals surface area contributed by atoms with Crippen LogP contribution in [0.2, 0.25) is 0 Å². The van der Waals surface area contributed by atoms with Gasteiger partial charge in [0, 0.05) is 4.90 Å². The normalized spacial score (nSPS) is 19.6. The average Bonchev–Trinajstić information content (AvgIpc) is 3.03. The molecule has 0 spiro atoms. The number of carbonyl (C=O) groups is 1. The zero-order chi connectivity index (χ0) is 21.7. The fourth-order valence-corrected chi connectivity index (χ4v) is 5.05. The van der Waals surface area contributed by atoms with Crippen LogP contribution in [0.3, 0.4) is 0 Å². The molecule has 5 heteroatoms. The first-order valence-electron chi connectivity index (χ1n) is 11.3. The van der Waals surface area contributed by atoms with Crippen molar-refractivity contribution >= 4 is 17.7 Å². The molecule has 0 unspecified atom stereocenters. The van der Waals surface area contributed by atoms with Crippen LogP contribution in [0.4, 0.5) is 0 Å². The Hall–Kier alpha value is -1.75. The molecule has 30 heavy (non-hydrogen) atoms. The van der Waals surface area contributed by atoms with E-state index in [4.69, 9.17) is 9.84 Å². The maximum absolute atomic E-state index is 13.1. The fourth-order valence-electron chi connectivity index (χ4n) is 4.12. The van der Waals surface area contributed by atoms with Gasteiger partial charge in [0.05, 0.1) is 22.0 Å². The van der Waals surface area contributed by atoms with Gasteiger partial charge in [-0.2, -0.15) is 5.10 Å². The molecule has 0 atom stereocenters. The Bertz CT molecular complexity index is 831. The predicted octanol–water partition coefficient (Wildman–Crippen LogP) is 7.00. The summed E-state index contributed by atoms with van der Waals surface area (Å²) in [4.78, 5) is 15.2. The summed E-state index contributed by atoms with van der Waals surface area (Å²) in [6, 6.07) is 10.2. The number of aromatic nitrogens is 2. The second-order valence-corrected chi connectivity index (χ2v) is 10.6. The van der Waals surface area contributed by atoms with Crippen LogP contribution in [0.1, 0.15) is 78.3 Å². The van der Waals surface area contributed by atoms with Crippen LogP contribution in [0.5, 0.6) is 5.88 Å². The number of rotatable bonds is 7. The van der Waals surface area contributed by atoms with Crippen LogP contribution in [0.25, 0.3) is 0 Å². The SMILES string of the molecule is CCCCC1CCC(C(=O)Oc2c(Sc3ccccc3)c(C)nn2C(C)(C)C)CC1. The maximum Gasteiger partial charge on any atom is 0.315 e. The third kappa shape index (κ3) is 5.69. The number of benzene rings is 1. The molecule has 1 aliphatic rings. The van der Waals surface area contributed by atoms with Gasteiger partial charge in [-0.25, -0.2) is 4.68 Å². The molecule has 3 rings (SSSR count). The number of aryl methyl sites for hydroxylation is 1. The van der Waals surface area contributed by atoms with E-state index < -0.39 is 0 Å². The van der Waals surface area contributed by atoms with Gasteiger partial charge >= 0.3 is 5.97 Å². The van der Waals surface area contributed by atoms with Gasteiger partial charge in [0.2, 0.25) is 5.88 Å². The van der Waals surface area contributed by atoms with Crippen molar-refractivity contribution in [3.8, 4) is 5.88 Å². The number of ether oxygens (including phenoxy) is 1. The molecule has 0 bridgehead atoms. The monoisotopic (exact) mass is 428 g/mol. The van der Waals surface area contributed by atoms with Crippen LogP contribution in [-0.4, -0.2) is 15.7 Å². The second-order valence-electron chi connectivity index (χ2n) is 9.50. The first-order valence-corrected chi connectivity index (χ1v) is 12.2. The molecule has 1 heterocycles. The van der Waals surface area contributed by atoms with Gasteiger partial charge in [-0.1, -0.05) is 56.1 Å². The number of hydrogen-bond donors (Lipinski definition) is 0. The molecule has 2 aromatic rings. The molecule has 1 fully saturated rings. The summed E-state index contributed by atoms with van der Waals surface area (Å²) in [6.07, 6.45) is 8.01. The van der Waals surface area contributed by atoms with Gasteiger partial charge in [0.1, 0.15) is 0 Å². The molecule has 0 N–H and O–H groups in total. The fraction of sp³-hybridized carbons (Fsp3) is 0.600. The quantitative estimate of drug-likeness (QED) is 0.445. The van der Waals surface area contributed by atoms with Crippen molar-refractivity contribution < 1.29 is 9.53 Å². The summed E-state index contributed by atoms with van der Waals surface area (Å²) in [5, 5.41) is 4.74. The number of hydrogen-bond acceptors (Lipinski definition) is 4. The average molecular weight is 429 g/mol. The van der Waals surface area contributed by atoms with Gasteiger partial charge in [-0.3, -0.25) is 4.79 Å². The summed E-state index contributed by atoms with van der Waals surface area (Å²) >= 11 is 1.62. The van der Waals surface area contributed by atoms with Crippen molar-refractivity contribution in [1.82, 2.24) is 9.78 Å².